The number of rotatable bonds is 3. The molecular weight excluding hydrogens is 304 g/mol. The molecule has 0 radical (unpaired) electrons. The van der Waals surface area contributed by atoms with Crippen molar-refractivity contribution in [1.82, 2.24) is 5.32 Å². The number of carbonyl (C=O) groups excluding carboxylic acids is 1. The van der Waals surface area contributed by atoms with Gasteiger partial charge in [0.1, 0.15) is 0 Å². The number of carbonyl (C=O) groups is 1. The van der Waals surface area contributed by atoms with Gasteiger partial charge in [-0.2, -0.15) is 0 Å². The zero-order chi connectivity index (χ0) is 11.8. The second-order valence-corrected chi connectivity index (χ2v) is 5.64. The average molecular weight is 320 g/mol. The van der Waals surface area contributed by atoms with Crippen LogP contribution in [0.4, 0.5) is 5.69 Å². The summed E-state index contributed by atoms with van der Waals surface area (Å²) in [7, 11) is 0. The predicted octanol–water partition coefficient (Wildman–Crippen LogP) is 2.98. The molecule has 17 heavy (non-hydrogen) atoms. The lowest BCUT2D eigenvalue weighted by Gasteiger charge is -2.11. The number of hydrogen-bond acceptors (Lipinski definition) is 2. The summed E-state index contributed by atoms with van der Waals surface area (Å²) in [6.07, 6.45) is 2.40. The van der Waals surface area contributed by atoms with E-state index in [1.807, 2.05) is 6.07 Å². The van der Waals surface area contributed by atoms with Crippen molar-refractivity contribution in [2.45, 2.75) is 19.8 Å². The minimum Gasteiger partial charge on any atom is -0.398 e. The van der Waals surface area contributed by atoms with Gasteiger partial charge in [0, 0.05) is 16.7 Å². The summed E-state index contributed by atoms with van der Waals surface area (Å²) in [4.78, 5) is 11.8. The number of nitrogens with two attached hydrogens (primary N) is 1. The third kappa shape index (κ3) is 3.61. The summed E-state index contributed by atoms with van der Waals surface area (Å²) in [6, 6.07) is 5.31. The van der Waals surface area contributed by atoms with Gasteiger partial charge in [0.05, 0.1) is 5.56 Å². The van der Waals surface area contributed by atoms with E-state index >= 15 is 0 Å². The molecule has 0 spiro atoms. The van der Waals surface area contributed by atoms with E-state index in [1.165, 1.54) is 12.8 Å². The fourth-order valence-corrected chi connectivity index (χ4v) is 1.90. The maximum absolute atomic E-state index is 11.8. The molecule has 1 fully saturated rings. The van der Waals surface area contributed by atoms with Crippen molar-refractivity contribution in [2.24, 2.45) is 5.41 Å². The van der Waals surface area contributed by atoms with Crippen molar-refractivity contribution in [1.29, 1.82) is 0 Å². The van der Waals surface area contributed by atoms with Gasteiger partial charge >= 0.3 is 0 Å². The molecule has 0 atom stereocenters. The van der Waals surface area contributed by atoms with Gasteiger partial charge in [0.25, 0.3) is 5.91 Å². The van der Waals surface area contributed by atoms with Crippen LogP contribution in [-0.4, -0.2) is 12.5 Å². The van der Waals surface area contributed by atoms with Crippen LogP contribution < -0.4 is 11.1 Å². The van der Waals surface area contributed by atoms with Gasteiger partial charge in [-0.1, -0.05) is 22.9 Å². The Morgan fingerprint density at radius 3 is 2.71 bits per heavy atom. The SMILES string of the molecule is CC1(CNC(=O)c2ccc(Br)cc2N)CC1.Cl. The fraction of sp³-hybridized carbons (Fsp3) is 0.417. The zero-order valence-corrected chi connectivity index (χ0v) is 12.0. The predicted molar refractivity (Wildman–Crippen MR) is 75.5 cm³/mol. The Morgan fingerprint density at radius 2 is 2.18 bits per heavy atom. The van der Waals surface area contributed by atoms with Crippen LogP contribution >= 0.6 is 28.3 Å². The second-order valence-electron chi connectivity index (χ2n) is 4.72. The van der Waals surface area contributed by atoms with Gasteiger partial charge in [-0.3, -0.25) is 4.79 Å². The summed E-state index contributed by atoms with van der Waals surface area (Å²) in [5, 5.41) is 2.93. The van der Waals surface area contributed by atoms with Crippen LogP contribution in [-0.2, 0) is 0 Å². The smallest absolute Gasteiger partial charge is 0.253 e. The van der Waals surface area contributed by atoms with E-state index in [2.05, 4.69) is 28.2 Å². The first kappa shape index (κ1) is 14.3. The summed E-state index contributed by atoms with van der Waals surface area (Å²) in [6.45, 7) is 2.92. The molecule has 0 unspecified atom stereocenters. The van der Waals surface area contributed by atoms with Crippen molar-refractivity contribution in [3.05, 3.63) is 28.2 Å². The molecule has 0 heterocycles. The molecule has 3 N–H and O–H groups in total. The van der Waals surface area contributed by atoms with Crippen LogP contribution in [0.15, 0.2) is 22.7 Å². The Bertz CT molecular complexity index is 433. The highest BCUT2D eigenvalue weighted by Crippen LogP contribution is 2.44. The van der Waals surface area contributed by atoms with Crippen LogP contribution in [0.2, 0.25) is 0 Å². The van der Waals surface area contributed by atoms with Crippen molar-refractivity contribution >= 4 is 39.9 Å². The Labute approximate surface area is 116 Å². The van der Waals surface area contributed by atoms with Gasteiger partial charge in [0.2, 0.25) is 0 Å². The molecule has 1 aliphatic rings. The molecular formula is C12H16BrClN2O. The van der Waals surface area contributed by atoms with Crippen molar-refractivity contribution in [2.75, 3.05) is 12.3 Å². The molecule has 1 saturated carbocycles. The van der Waals surface area contributed by atoms with Crippen molar-refractivity contribution in [3.63, 3.8) is 0 Å². The molecule has 1 aliphatic carbocycles. The monoisotopic (exact) mass is 318 g/mol. The number of nitrogens with one attached hydrogen (secondary N) is 1. The molecule has 3 nitrogen and oxygen atoms in total. The quantitative estimate of drug-likeness (QED) is 0.842. The highest BCUT2D eigenvalue weighted by molar-refractivity contribution is 9.10. The highest BCUT2D eigenvalue weighted by atomic mass is 79.9. The van der Waals surface area contributed by atoms with Crippen LogP contribution in [0.1, 0.15) is 30.1 Å². The number of nitrogen functional groups attached to an aromatic ring is 1. The Balaban J connectivity index is 0.00000144. The Hall–Kier alpha value is -0.740. The van der Waals surface area contributed by atoms with E-state index in [1.54, 1.807) is 12.1 Å². The third-order valence-electron chi connectivity index (χ3n) is 3.04. The fourth-order valence-electron chi connectivity index (χ4n) is 1.52. The summed E-state index contributed by atoms with van der Waals surface area (Å²) >= 11 is 3.31. The largest absolute Gasteiger partial charge is 0.398 e. The number of anilines is 1. The van der Waals surface area contributed by atoms with Gasteiger partial charge in [-0.25, -0.2) is 0 Å². The normalized spacial score (nSPS) is 15.9. The first-order valence-corrected chi connectivity index (χ1v) is 6.13. The lowest BCUT2D eigenvalue weighted by Crippen LogP contribution is -2.29. The van der Waals surface area contributed by atoms with E-state index in [9.17, 15) is 4.79 Å². The lowest BCUT2D eigenvalue weighted by molar-refractivity contribution is 0.0947. The van der Waals surface area contributed by atoms with E-state index in [0.29, 0.717) is 16.7 Å². The molecule has 1 aromatic carbocycles. The van der Waals surface area contributed by atoms with Crippen molar-refractivity contribution in [3.8, 4) is 0 Å². The topological polar surface area (TPSA) is 55.1 Å². The minimum atomic E-state index is -0.0851. The minimum absolute atomic E-state index is 0. The number of amides is 1. The van der Waals surface area contributed by atoms with E-state index < -0.39 is 0 Å². The summed E-state index contributed by atoms with van der Waals surface area (Å²) < 4.78 is 0.885. The average Bonchev–Trinajstić information content (AvgIpc) is 2.94. The van der Waals surface area contributed by atoms with E-state index in [0.717, 1.165) is 11.0 Å². The maximum Gasteiger partial charge on any atom is 0.253 e. The van der Waals surface area contributed by atoms with Gasteiger partial charge in [0.15, 0.2) is 0 Å². The summed E-state index contributed by atoms with van der Waals surface area (Å²) in [5.74, 6) is -0.0851. The summed E-state index contributed by atoms with van der Waals surface area (Å²) in [5.41, 5.74) is 7.16. The standard InChI is InChI=1S/C12H15BrN2O.ClH/c1-12(4-5-12)7-15-11(16)9-3-2-8(13)6-10(9)14;/h2-3,6H,4-5,7,14H2,1H3,(H,15,16);1H. The molecule has 0 bridgehead atoms. The van der Waals surface area contributed by atoms with E-state index in [-0.39, 0.29) is 18.3 Å². The van der Waals surface area contributed by atoms with Crippen LogP contribution in [0.5, 0.6) is 0 Å². The van der Waals surface area contributed by atoms with Crippen LogP contribution in [0.3, 0.4) is 0 Å². The molecule has 1 amide bonds. The van der Waals surface area contributed by atoms with Gasteiger partial charge in [-0.05, 0) is 36.5 Å². The molecule has 1 aromatic rings. The van der Waals surface area contributed by atoms with Crippen LogP contribution in [0.25, 0.3) is 0 Å². The number of hydrogen-bond donors (Lipinski definition) is 2. The maximum atomic E-state index is 11.8. The number of halogens is 2. The van der Waals surface area contributed by atoms with Gasteiger partial charge < -0.3 is 11.1 Å². The molecule has 0 aromatic heterocycles. The third-order valence-corrected chi connectivity index (χ3v) is 3.53. The Kier molecular flexibility index (Phi) is 4.44. The lowest BCUT2D eigenvalue weighted by atomic mass is 10.1. The Morgan fingerprint density at radius 1 is 1.53 bits per heavy atom. The molecule has 94 valence electrons. The van der Waals surface area contributed by atoms with Crippen LogP contribution in [0, 0.1) is 5.41 Å². The molecule has 5 heteroatoms. The van der Waals surface area contributed by atoms with E-state index in [4.69, 9.17) is 5.73 Å². The molecule has 0 saturated heterocycles. The van der Waals surface area contributed by atoms with Crippen molar-refractivity contribution < 1.29 is 4.79 Å². The second kappa shape index (κ2) is 5.27. The number of benzene rings is 1. The highest BCUT2D eigenvalue weighted by Gasteiger charge is 2.37. The first-order chi connectivity index (χ1) is 7.50. The van der Waals surface area contributed by atoms with Gasteiger partial charge in [-0.15, -0.1) is 12.4 Å². The first-order valence-electron chi connectivity index (χ1n) is 5.33. The zero-order valence-electron chi connectivity index (χ0n) is 9.63. The molecule has 0 aliphatic heterocycles. The molecule has 2 rings (SSSR count).